The average molecular weight is 505 g/mol. The second kappa shape index (κ2) is 10.1. The summed E-state index contributed by atoms with van der Waals surface area (Å²) in [6.45, 7) is 4.23. The van der Waals surface area contributed by atoms with Crippen molar-refractivity contribution < 1.29 is 23.9 Å². The normalized spacial score (nSPS) is 18.0. The SMILES string of the molecule is CC1(COc2cc(NC(=O)N3CCCc4cc(CN5CCOCC5=O)c(C=O)nc43)ncc2C#N)CC1. The molecule has 1 saturated heterocycles. The van der Waals surface area contributed by atoms with Crippen LogP contribution in [-0.4, -0.2) is 66.0 Å². The number of fused-ring (bicyclic) bond motifs is 1. The Labute approximate surface area is 214 Å². The maximum Gasteiger partial charge on any atom is 0.328 e. The van der Waals surface area contributed by atoms with Crippen LogP contribution in [0, 0.1) is 16.7 Å². The van der Waals surface area contributed by atoms with E-state index in [1.165, 1.54) is 11.1 Å². The monoisotopic (exact) mass is 504 g/mol. The van der Waals surface area contributed by atoms with Crippen LogP contribution in [0.3, 0.4) is 0 Å². The highest BCUT2D eigenvalue weighted by Gasteiger charge is 2.38. The van der Waals surface area contributed by atoms with E-state index >= 15 is 0 Å². The van der Waals surface area contributed by atoms with Crippen molar-refractivity contribution in [3.8, 4) is 11.8 Å². The van der Waals surface area contributed by atoms with Crippen LogP contribution in [0.15, 0.2) is 18.3 Å². The van der Waals surface area contributed by atoms with Crippen LogP contribution >= 0.6 is 0 Å². The highest BCUT2D eigenvalue weighted by molar-refractivity contribution is 6.01. The summed E-state index contributed by atoms with van der Waals surface area (Å²) in [5.74, 6) is 0.912. The zero-order valence-corrected chi connectivity index (χ0v) is 20.7. The van der Waals surface area contributed by atoms with Crippen molar-refractivity contribution in [3.63, 3.8) is 0 Å². The molecule has 11 nitrogen and oxygen atoms in total. The van der Waals surface area contributed by atoms with Gasteiger partial charge in [0.2, 0.25) is 5.91 Å². The van der Waals surface area contributed by atoms with Crippen molar-refractivity contribution in [1.82, 2.24) is 14.9 Å². The lowest BCUT2D eigenvalue weighted by molar-refractivity contribution is -0.143. The summed E-state index contributed by atoms with van der Waals surface area (Å²) < 4.78 is 11.1. The van der Waals surface area contributed by atoms with E-state index in [0.29, 0.717) is 68.1 Å². The van der Waals surface area contributed by atoms with Gasteiger partial charge in [0.1, 0.15) is 41.3 Å². The Bertz CT molecular complexity index is 1280. The van der Waals surface area contributed by atoms with E-state index in [4.69, 9.17) is 9.47 Å². The van der Waals surface area contributed by atoms with Crippen LogP contribution in [0.1, 0.15) is 53.4 Å². The minimum atomic E-state index is -0.446. The lowest BCUT2D eigenvalue weighted by atomic mass is 10.0. The Kier molecular flexibility index (Phi) is 6.76. The molecule has 3 aliphatic rings. The van der Waals surface area contributed by atoms with Gasteiger partial charge < -0.3 is 14.4 Å². The molecule has 37 heavy (non-hydrogen) atoms. The first kappa shape index (κ1) is 24.6. The molecule has 1 aliphatic carbocycles. The highest BCUT2D eigenvalue weighted by atomic mass is 16.5. The van der Waals surface area contributed by atoms with Gasteiger partial charge in [0, 0.05) is 36.7 Å². The molecule has 0 unspecified atom stereocenters. The second-order valence-electron chi connectivity index (χ2n) is 9.96. The summed E-state index contributed by atoms with van der Waals surface area (Å²) in [5, 5.41) is 12.2. The summed E-state index contributed by atoms with van der Waals surface area (Å²) in [4.78, 5) is 49.1. The van der Waals surface area contributed by atoms with Gasteiger partial charge >= 0.3 is 6.03 Å². The summed E-state index contributed by atoms with van der Waals surface area (Å²) in [6, 6.07) is 5.04. The van der Waals surface area contributed by atoms with Crippen molar-refractivity contribution in [2.45, 2.75) is 39.2 Å². The summed E-state index contributed by atoms with van der Waals surface area (Å²) >= 11 is 0. The van der Waals surface area contributed by atoms with Gasteiger partial charge in [-0.15, -0.1) is 0 Å². The quantitative estimate of drug-likeness (QED) is 0.568. The van der Waals surface area contributed by atoms with E-state index in [1.807, 2.05) is 6.07 Å². The number of aldehydes is 1. The van der Waals surface area contributed by atoms with Crippen molar-refractivity contribution in [2.24, 2.45) is 5.41 Å². The van der Waals surface area contributed by atoms with E-state index < -0.39 is 6.03 Å². The maximum atomic E-state index is 13.2. The fraction of sp³-hybridized carbons (Fsp3) is 0.462. The summed E-state index contributed by atoms with van der Waals surface area (Å²) in [5.41, 5.74) is 2.10. The molecule has 1 N–H and O–H groups in total. The summed E-state index contributed by atoms with van der Waals surface area (Å²) in [7, 11) is 0. The van der Waals surface area contributed by atoms with E-state index in [9.17, 15) is 19.6 Å². The number of morpholine rings is 1. The third-order valence-corrected chi connectivity index (χ3v) is 6.98. The number of urea groups is 1. The number of nitrogens with one attached hydrogen (secondary N) is 1. The Hall–Kier alpha value is -4.04. The first-order chi connectivity index (χ1) is 17.9. The lowest BCUT2D eigenvalue weighted by Crippen LogP contribution is -2.42. The number of nitrogens with zero attached hydrogens (tertiary/aromatic N) is 5. The van der Waals surface area contributed by atoms with E-state index in [2.05, 4.69) is 28.3 Å². The largest absolute Gasteiger partial charge is 0.491 e. The standard InChI is InChI=1S/C26H28N6O5/c1-26(4-5-26)16-37-21-10-22(28-12-19(21)11-27)30-25(35)32-6-2-3-17-9-18(20(14-33)29-24(17)32)13-31-7-8-36-15-23(31)34/h9-10,12,14H,2-8,13,15-16H2,1H3,(H,28,30,35). The van der Waals surface area contributed by atoms with Gasteiger partial charge in [-0.1, -0.05) is 6.92 Å². The number of hydrogen-bond acceptors (Lipinski definition) is 8. The highest BCUT2D eigenvalue weighted by Crippen LogP contribution is 2.45. The van der Waals surface area contributed by atoms with Crippen LogP contribution in [0.5, 0.6) is 5.75 Å². The Morgan fingerprint density at radius 1 is 1.35 bits per heavy atom. The molecule has 2 aliphatic heterocycles. The molecule has 2 fully saturated rings. The number of carbonyl (C=O) groups excluding carboxylic acids is 3. The minimum Gasteiger partial charge on any atom is -0.491 e. The van der Waals surface area contributed by atoms with Crippen LogP contribution < -0.4 is 15.0 Å². The van der Waals surface area contributed by atoms with Gasteiger partial charge in [0.05, 0.1) is 19.4 Å². The van der Waals surface area contributed by atoms with Crippen molar-refractivity contribution in [3.05, 3.63) is 40.7 Å². The average Bonchev–Trinajstić information content (AvgIpc) is 3.65. The Balaban J connectivity index is 1.34. The van der Waals surface area contributed by atoms with Crippen LogP contribution in [0.25, 0.3) is 0 Å². The number of pyridine rings is 2. The first-order valence-corrected chi connectivity index (χ1v) is 12.3. The molecule has 0 spiro atoms. The van der Waals surface area contributed by atoms with E-state index in [-0.39, 0.29) is 36.0 Å². The number of aryl methyl sites for hydroxylation is 1. The van der Waals surface area contributed by atoms with Crippen molar-refractivity contribution in [1.29, 1.82) is 5.26 Å². The molecule has 2 aromatic heterocycles. The first-order valence-electron chi connectivity index (χ1n) is 12.3. The van der Waals surface area contributed by atoms with Crippen molar-refractivity contribution in [2.75, 3.05) is 43.1 Å². The number of nitriles is 1. The van der Waals surface area contributed by atoms with Crippen LogP contribution in [0.2, 0.25) is 0 Å². The van der Waals surface area contributed by atoms with Gasteiger partial charge in [-0.3, -0.25) is 19.8 Å². The Morgan fingerprint density at radius 2 is 2.19 bits per heavy atom. The van der Waals surface area contributed by atoms with Gasteiger partial charge in [-0.05, 0) is 37.3 Å². The number of hydrogen-bond donors (Lipinski definition) is 1. The fourth-order valence-corrected chi connectivity index (χ4v) is 4.40. The third-order valence-electron chi connectivity index (χ3n) is 6.98. The minimum absolute atomic E-state index is 0.0260. The lowest BCUT2D eigenvalue weighted by Gasteiger charge is -2.30. The van der Waals surface area contributed by atoms with E-state index in [0.717, 1.165) is 18.4 Å². The fourth-order valence-electron chi connectivity index (χ4n) is 4.40. The van der Waals surface area contributed by atoms with Crippen LogP contribution in [-0.2, 0) is 22.5 Å². The smallest absolute Gasteiger partial charge is 0.328 e. The third kappa shape index (κ3) is 5.39. The molecule has 4 heterocycles. The maximum absolute atomic E-state index is 13.2. The van der Waals surface area contributed by atoms with Crippen molar-refractivity contribution >= 4 is 29.9 Å². The predicted octanol–water partition coefficient (Wildman–Crippen LogP) is 2.68. The van der Waals surface area contributed by atoms with Crippen LogP contribution in [0.4, 0.5) is 16.4 Å². The number of carbonyl (C=O) groups is 3. The molecule has 0 bridgehead atoms. The molecule has 3 amide bonds. The molecule has 0 aromatic carbocycles. The Morgan fingerprint density at radius 3 is 2.92 bits per heavy atom. The second-order valence-corrected chi connectivity index (χ2v) is 9.96. The molecule has 0 atom stereocenters. The van der Waals surface area contributed by atoms with Gasteiger partial charge in [0.25, 0.3) is 0 Å². The van der Waals surface area contributed by atoms with Gasteiger partial charge in [0.15, 0.2) is 6.29 Å². The molecule has 192 valence electrons. The molecule has 2 aromatic rings. The zero-order valence-electron chi connectivity index (χ0n) is 20.7. The summed E-state index contributed by atoms with van der Waals surface area (Å²) in [6.07, 6.45) is 5.60. The number of amides is 3. The van der Waals surface area contributed by atoms with Gasteiger partial charge in [-0.2, -0.15) is 5.26 Å². The number of anilines is 2. The molecule has 1 saturated carbocycles. The number of aromatic nitrogens is 2. The number of ether oxygens (including phenoxy) is 2. The molecular formula is C26H28N6O5. The molecule has 0 radical (unpaired) electrons. The van der Waals surface area contributed by atoms with Gasteiger partial charge in [-0.25, -0.2) is 14.8 Å². The zero-order chi connectivity index (χ0) is 26.0. The molecule has 5 rings (SSSR count). The topological polar surface area (TPSA) is 138 Å². The van der Waals surface area contributed by atoms with E-state index in [1.54, 1.807) is 11.0 Å². The molecular weight excluding hydrogens is 476 g/mol. The molecule has 11 heteroatoms. The number of rotatable bonds is 7. The predicted molar refractivity (Wildman–Crippen MR) is 132 cm³/mol.